The number of thiophene rings is 1. The van der Waals surface area contributed by atoms with E-state index in [0.29, 0.717) is 10.9 Å². The average molecular weight is 322 g/mol. The van der Waals surface area contributed by atoms with Crippen LogP contribution in [-0.4, -0.2) is 0 Å². The number of nitrogens with two attached hydrogens (primary N) is 1. The Morgan fingerprint density at radius 3 is 2.29 bits per heavy atom. The Kier molecular flexibility index (Phi) is 3.56. The normalized spacial score (nSPS) is 12.8. The number of rotatable bonds is 2. The van der Waals surface area contributed by atoms with Crippen LogP contribution in [0.25, 0.3) is 0 Å². The molecule has 1 heterocycles. The smallest absolute Gasteiger partial charge is 0.161 e. The van der Waals surface area contributed by atoms with Gasteiger partial charge in [-0.1, -0.05) is 0 Å². The molecule has 0 fully saturated rings. The lowest BCUT2D eigenvalue weighted by Gasteiger charge is -2.11. The van der Waals surface area contributed by atoms with Gasteiger partial charge in [0.15, 0.2) is 11.6 Å². The van der Waals surface area contributed by atoms with Crippen LogP contribution in [0.3, 0.4) is 0 Å². The molecule has 17 heavy (non-hydrogen) atoms. The van der Waals surface area contributed by atoms with E-state index < -0.39 is 23.5 Å². The van der Waals surface area contributed by atoms with Gasteiger partial charge in [-0.15, -0.1) is 11.3 Å². The molecule has 0 amide bonds. The summed E-state index contributed by atoms with van der Waals surface area (Å²) < 4.78 is 40.1. The Balaban J connectivity index is 2.43. The third-order valence-electron chi connectivity index (χ3n) is 2.28. The van der Waals surface area contributed by atoms with Crippen LogP contribution in [0.2, 0.25) is 0 Å². The Morgan fingerprint density at radius 1 is 1.06 bits per heavy atom. The van der Waals surface area contributed by atoms with E-state index in [1.807, 2.05) is 0 Å². The molecule has 6 heteroatoms. The Labute approximate surface area is 108 Å². The first-order chi connectivity index (χ1) is 7.99. The van der Waals surface area contributed by atoms with Crippen molar-refractivity contribution in [2.24, 2.45) is 5.73 Å². The van der Waals surface area contributed by atoms with Crippen molar-refractivity contribution in [2.75, 3.05) is 0 Å². The molecule has 0 spiro atoms. The molecule has 1 aromatic carbocycles. The Morgan fingerprint density at radius 2 is 1.71 bits per heavy atom. The highest BCUT2D eigenvalue weighted by molar-refractivity contribution is 9.11. The van der Waals surface area contributed by atoms with Crippen LogP contribution in [0.1, 0.15) is 16.5 Å². The molecule has 1 nitrogen and oxygen atoms in total. The zero-order chi connectivity index (χ0) is 12.6. The van der Waals surface area contributed by atoms with Crippen LogP contribution in [-0.2, 0) is 0 Å². The monoisotopic (exact) mass is 321 g/mol. The van der Waals surface area contributed by atoms with Gasteiger partial charge in [0.2, 0.25) is 0 Å². The van der Waals surface area contributed by atoms with Crippen molar-refractivity contribution < 1.29 is 13.2 Å². The van der Waals surface area contributed by atoms with Crippen molar-refractivity contribution in [1.29, 1.82) is 0 Å². The molecular formula is C11H7BrF3NS. The van der Waals surface area contributed by atoms with Gasteiger partial charge in [-0.05, 0) is 34.1 Å². The van der Waals surface area contributed by atoms with E-state index in [1.54, 1.807) is 12.1 Å². The maximum atomic E-state index is 13.5. The fourth-order valence-electron chi connectivity index (χ4n) is 1.42. The van der Waals surface area contributed by atoms with E-state index in [-0.39, 0.29) is 5.56 Å². The molecule has 1 atom stereocenters. The molecule has 0 aliphatic heterocycles. The van der Waals surface area contributed by atoms with Crippen molar-refractivity contribution in [2.45, 2.75) is 6.04 Å². The van der Waals surface area contributed by atoms with Crippen molar-refractivity contribution in [3.63, 3.8) is 0 Å². The highest BCUT2D eigenvalue weighted by Crippen LogP contribution is 2.31. The maximum absolute atomic E-state index is 13.5. The summed E-state index contributed by atoms with van der Waals surface area (Å²) in [6, 6.07) is 3.97. The van der Waals surface area contributed by atoms with Crippen LogP contribution in [0.15, 0.2) is 28.1 Å². The van der Waals surface area contributed by atoms with Gasteiger partial charge in [0.25, 0.3) is 0 Å². The van der Waals surface area contributed by atoms with Crippen molar-refractivity contribution in [1.82, 2.24) is 0 Å². The predicted octanol–water partition coefficient (Wildman–Crippen LogP) is 3.98. The highest BCUT2D eigenvalue weighted by Gasteiger charge is 2.18. The second-order valence-corrected chi connectivity index (χ2v) is 5.90. The van der Waals surface area contributed by atoms with Crippen LogP contribution >= 0.6 is 27.3 Å². The summed E-state index contributed by atoms with van der Waals surface area (Å²) in [5.74, 6) is -3.17. The quantitative estimate of drug-likeness (QED) is 0.832. The second-order valence-electron chi connectivity index (χ2n) is 3.41. The Hall–Kier alpha value is -0.850. The first-order valence-corrected chi connectivity index (χ1v) is 6.25. The fraction of sp³-hybridized carbons (Fsp3) is 0.0909. The van der Waals surface area contributed by atoms with E-state index in [2.05, 4.69) is 15.9 Å². The van der Waals surface area contributed by atoms with Gasteiger partial charge in [0.05, 0.1) is 9.83 Å². The van der Waals surface area contributed by atoms with Crippen LogP contribution in [0.5, 0.6) is 0 Å². The van der Waals surface area contributed by atoms with Gasteiger partial charge >= 0.3 is 0 Å². The molecule has 1 unspecified atom stereocenters. The summed E-state index contributed by atoms with van der Waals surface area (Å²) in [7, 11) is 0. The zero-order valence-electron chi connectivity index (χ0n) is 8.38. The summed E-state index contributed by atoms with van der Waals surface area (Å²) in [5.41, 5.74) is 5.75. The number of hydrogen-bond acceptors (Lipinski definition) is 2. The molecule has 2 rings (SSSR count). The van der Waals surface area contributed by atoms with Gasteiger partial charge in [-0.3, -0.25) is 0 Å². The van der Waals surface area contributed by atoms with E-state index in [9.17, 15) is 13.2 Å². The minimum atomic E-state index is -1.22. The van der Waals surface area contributed by atoms with Gasteiger partial charge in [0, 0.05) is 16.5 Å². The predicted molar refractivity (Wildman–Crippen MR) is 64.4 cm³/mol. The molecule has 0 aliphatic rings. The minimum absolute atomic E-state index is 0.0572. The lowest BCUT2D eigenvalue weighted by atomic mass is 10.1. The third kappa shape index (κ3) is 2.53. The molecule has 2 aromatic rings. The summed E-state index contributed by atoms with van der Waals surface area (Å²) >= 11 is 4.57. The molecule has 90 valence electrons. The first kappa shape index (κ1) is 12.6. The third-order valence-corrected chi connectivity index (χ3v) is 3.98. The summed E-state index contributed by atoms with van der Waals surface area (Å²) in [5, 5.41) is 0. The van der Waals surface area contributed by atoms with Gasteiger partial charge in [0.1, 0.15) is 5.82 Å². The Bertz CT molecular complexity index is 556. The minimum Gasteiger partial charge on any atom is -0.320 e. The largest absolute Gasteiger partial charge is 0.320 e. The summed E-state index contributed by atoms with van der Waals surface area (Å²) in [4.78, 5) is 0.668. The van der Waals surface area contributed by atoms with Crippen molar-refractivity contribution in [3.8, 4) is 0 Å². The fourth-order valence-corrected chi connectivity index (χ4v) is 2.87. The lowest BCUT2D eigenvalue weighted by molar-refractivity contribution is 0.488. The molecular weight excluding hydrogens is 315 g/mol. The number of hydrogen-bond donors (Lipinski definition) is 1. The average Bonchev–Trinajstić information content (AvgIpc) is 2.69. The van der Waals surface area contributed by atoms with Gasteiger partial charge in [-0.2, -0.15) is 0 Å². The van der Waals surface area contributed by atoms with Crippen molar-refractivity contribution >= 4 is 27.3 Å². The van der Waals surface area contributed by atoms with E-state index in [4.69, 9.17) is 5.73 Å². The molecule has 0 saturated carbocycles. The molecule has 2 N–H and O–H groups in total. The van der Waals surface area contributed by atoms with Crippen molar-refractivity contribution in [3.05, 3.63) is 55.9 Å². The standard InChI is InChI=1S/C11H7BrF3NS/c12-10-2-1-9(17-10)11(16)5-3-7(14)8(15)4-6(5)13/h1-4,11H,16H2. The summed E-state index contributed by atoms with van der Waals surface area (Å²) in [6.07, 6.45) is 0. The van der Waals surface area contributed by atoms with Crippen LogP contribution < -0.4 is 5.73 Å². The van der Waals surface area contributed by atoms with Gasteiger partial charge in [-0.25, -0.2) is 13.2 Å². The van der Waals surface area contributed by atoms with Crippen LogP contribution in [0, 0.1) is 17.5 Å². The number of benzene rings is 1. The lowest BCUT2D eigenvalue weighted by Crippen LogP contribution is -2.13. The molecule has 0 radical (unpaired) electrons. The van der Waals surface area contributed by atoms with E-state index in [1.165, 1.54) is 11.3 Å². The van der Waals surface area contributed by atoms with E-state index >= 15 is 0 Å². The molecule has 0 saturated heterocycles. The number of halogens is 4. The summed E-state index contributed by atoms with van der Waals surface area (Å²) in [6.45, 7) is 0. The van der Waals surface area contributed by atoms with E-state index in [0.717, 1.165) is 9.85 Å². The molecule has 1 aromatic heterocycles. The van der Waals surface area contributed by atoms with Gasteiger partial charge < -0.3 is 5.73 Å². The molecule has 0 aliphatic carbocycles. The maximum Gasteiger partial charge on any atom is 0.161 e. The SMILES string of the molecule is NC(c1ccc(Br)s1)c1cc(F)c(F)cc1F. The molecule has 0 bridgehead atoms. The van der Waals surface area contributed by atoms with Crippen LogP contribution in [0.4, 0.5) is 13.2 Å². The zero-order valence-corrected chi connectivity index (χ0v) is 10.8. The first-order valence-electron chi connectivity index (χ1n) is 4.64. The highest BCUT2D eigenvalue weighted by atomic mass is 79.9. The second kappa shape index (κ2) is 4.80. The topological polar surface area (TPSA) is 26.0 Å².